The van der Waals surface area contributed by atoms with Gasteiger partial charge in [0.1, 0.15) is 6.61 Å². The molecule has 0 saturated carbocycles. The highest BCUT2D eigenvalue weighted by atomic mass is 19.3. The van der Waals surface area contributed by atoms with E-state index in [-0.39, 0.29) is 18.0 Å². The van der Waals surface area contributed by atoms with E-state index in [9.17, 15) is 13.6 Å². The van der Waals surface area contributed by atoms with Crippen LogP contribution in [0.3, 0.4) is 0 Å². The summed E-state index contributed by atoms with van der Waals surface area (Å²) in [6, 6.07) is 11.0. The molecular formula is C20H17F2N5O2. The summed E-state index contributed by atoms with van der Waals surface area (Å²) in [6.45, 7) is -0.630. The maximum absolute atomic E-state index is 13.0. The van der Waals surface area contributed by atoms with E-state index in [2.05, 4.69) is 15.1 Å². The minimum absolute atomic E-state index is 0.0359. The van der Waals surface area contributed by atoms with Crippen molar-refractivity contribution in [1.82, 2.24) is 24.3 Å². The van der Waals surface area contributed by atoms with Crippen LogP contribution in [0.5, 0.6) is 0 Å². The van der Waals surface area contributed by atoms with Crippen LogP contribution in [-0.2, 0) is 17.9 Å². The molecule has 29 heavy (non-hydrogen) atoms. The summed E-state index contributed by atoms with van der Waals surface area (Å²) in [5, 5.41) is 4.81. The number of esters is 1. The van der Waals surface area contributed by atoms with Gasteiger partial charge in [0.15, 0.2) is 11.5 Å². The van der Waals surface area contributed by atoms with E-state index in [0.717, 1.165) is 11.8 Å². The molecular weight excluding hydrogens is 380 g/mol. The first-order chi connectivity index (χ1) is 14.1. The standard InChI is InChI=1S/C20H17F2N5O2/c1-2-27-18-15(11-24-27)14(10-16(25-18)13-6-4-3-5-7-13)19(28)29-12-17-23-8-9-26(17)20(21)22/h3-11,20H,2,12H2,1H3. The number of aromatic nitrogens is 5. The van der Waals surface area contributed by atoms with Crippen molar-refractivity contribution in [2.24, 2.45) is 0 Å². The quantitative estimate of drug-likeness (QED) is 0.459. The first-order valence-corrected chi connectivity index (χ1v) is 8.97. The molecule has 0 atom stereocenters. The van der Waals surface area contributed by atoms with Gasteiger partial charge >= 0.3 is 12.5 Å². The molecule has 4 aromatic rings. The summed E-state index contributed by atoms with van der Waals surface area (Å²) in [5.74, 6) is -0.694. The second kappa shape index (κ2) is 7.78. The van der Waals surface area contributed by atoms with E-state index in [1.807, 2.05) is 37.3 Å². The van der Waals surface area contributed by atoms with Crippen molar-refractivity contribution in [3.05, 3.63) is 66.4 Å². The minimum atomic E-state index is -2.76. The number of rotatable bonds is 6. The van der Waals surface area contributed by atoms with Crippen molar-refractivity contribution in [3.63, 3.8) is 0 Å². The van der Waals surface area contributed by atoms with Crippen LogP contribution in [0.15, 0.2) is 55.0 Å². The number of imidazole rings is 1. The van der Waals surface area contributed by atoms with Crippen LogP contribution < -0.4 is 0 Å². The highest BCUT2D eigenvalue weighted by molar-refractivity contribution is 6.03. The molecule has 0 aliphatic carbocycles. The molecule has 0 aliphatic heterocycles. The largest absolute Gasteiger partial charge is 0.454 e. The van der Waals surface area contributed by atoms with Gasteiger partial charge in [-0.15, -0.1) is 0 Å². The lowest BCUT2D eigenvalue weighted by atomic mass is 10.1. The van der Waals surface area contributed by atoms with Crippen molar-refractivity contribution >= 4 is 17.0 Å². The van der Waals surface area contributed by atoms with E-state index in [1.165, 1.54) is 6.20 Å². The van der Waals surface area contributed by atoms with Crippen LogP contribution in [0.25, 0.3) is 22.3 Å². The Kier molecular flexibility index (Phi) is 5.03. The molecule has 3 heterocycles. The van der Waals surface area contributed by atoms with Gasteiger partial charge in [-0.25, -0.2) is 19.4 Å². The molecule has 0 bridgehead atoms. The molecule has 9 heteroatoms. The van der Waals surface area contributed by atoms with Gasteiger partial charge in [0, 0.05) is 24.5 Å². The van der Waals surface area contributed by atoms with Crippen LogP contribution >= 0.6 is 0 Å². The van der Waals surface area contributed by atoms with E-state index >= 15 is 0 Å². The number of hydrogen-bond donors (Lipinski definition) is 0. The van der Waals surface area contributed by atoms with Gasteiger partial charge in [-0.05, 0) is 13.0 Å². The molecule has 0 N–H and O–H groups in total. The zero-order valence-electron chi connectivity index (χ0n) is 15.5. The molecule has 4 rings (SSSR count). The molecule has 0 spiro atoms. The number of halogens is 2. The van der Waals surface area contributed by atoms with Crippen LogP contribution in [0.2, 0.25) is 0 Å². The third kappa shape index (κ3) is 3.58. The lowest BCUT2D eigenvalue weighted by Crippen LogP contribution is -2.11. The van der Waals surface area contributed by atoms with E-state index < -0.39 is 12.5 Å². The van der Waals surface area contributed by atoms with Gasteiger partial charge in [0.25, 0.3) is 0 Å². The average molecular weight is 397 g/mol. The molecule has 0 amide bonds. The first-order valence-electron chi connectivity index (χ1n) is 8.97. The molecule has 1 aromatic carbocycles. The van der Waals surface area contributed by atoms with Crippen molar-refractivity contribution in [2.75, 3.05) is 0 Å². The molecule has 148 valence electrons. The minimum Gasteiger partial charge on any atom is -0.454 e. The lowest BCUT2D eigenvalue weighted by Gasteiger charge is -2.10. The van der Waals surface area contributed by atoms with Gasteiger partial charge in [-0.1, -0.05) is 30.3 Å². The number of fused-ring (bicyclic) bond motifs is 1. The molecule has 0 radical (unpaired) electrons. The maximum Gasteiger partial charge on any atom is 0.339 e. The lowest BCUT2D eigenvalue weighted by molar-refractivity contribution is 0.0378. The molecule has 0 fully saturated rings. The molecule has 3 aromatic heterocycles. The molecule has 7 nitrogen and oxygen atoms in total. The normalized spacial score (nSPS) is 11.3. The van der Waals surface area contributed by atoms with Crippen molar-refractivity contribution in [3.8, 4) is 11.3 Å². The SMILES string of the molecule is CCn1ncc2c(C(=O)OCc3nccn3C(F)F)cc(-c3ccccc3)nc21. The fourth-order valence-electron chi connectivity index (χ4n) is 3.05. The Morgan fingerprint density at radius 2 is 2.03 bits per heavy atom. The van der Waals surface area contributed by atoms with Gasteiger partial charge in [0.2, 0.25) is 0 Å². The molecule has 0 aliphatic rings. The predicted octanol–water partition coefficient (Wildman–Crippen LogP) is 4.07. The number of pyridine rings is 1. The number of ether oxygens (including phenoxy) is 1. The number of carbonyl (C=O) groups excluding carboxylic acids is 1. The van der Waals surface area contributed by atoms with Gasteiger partial charge in [0.05, 0.1) is 22.8 Å². The van der Waals surface area contributed by atoms with Gasteiger partial charge in [-0.2, -0.15) is 13.9 Å². The Bertz CT molecular complexity index is 1150. The summed E-state index contributed by atoms with van der Waals surface area (Å²) in [5.41, 5.74) is 2.24. The number of hydrogen-bond acceptors (Lipinski definition) is 5. The summed E-state index contributed by atoms with van der Waals surface area (Å²) < 4.78 is 33.5. The second-order valence-corrected chi connectivity index (χ2v) is 6.22. The fraction of sp³-hybridized carbons (Fsp3) is 0.200. The average Bonchev–Trinajstić information content (AvgIpc) is 3.38. The Balaban J connectivity index is 1.71. The number of aryl methyl sites for hydroxylation is 1. The predicted molar refractivity (Wildman–Crippen MR) is 101 cm³/mol. The summed E-state index contributed by atoms with van der Waals surface area (Å²) in [6.07, 6.45) is 3.92. The summed E-state index contributed by atoms with van der Waals surface area (Å²) in [7, 11) is 0. The smallest absolute Gasteiger partial charge is 0.339 e. The molecule has 0 unspecified atom stereocenters. The third-order valence-electron chi connectivity index (χ3n) is 4.49. The van der Waals surface area contributed by atoms with Gasteiger partial charge in [-0.3, -0.25) is 4.57 Å². The number of alkyl halides is 2. The van der Waals surface area contributed by atoms with Crippen molar-refractivity contribution in [1.29, 1.82) is 0 Å². The summed E-state index contributed by atoms with van der Waals surface area (Å²) in [4.78, 5) is 21.3. The zero-order valence-corrected chi connectivity index (χ0v) is 15.5. The molecule has 0 saturated heterocycles. The van der Waals surface area contributed by atoms with Gasteiger partial charge < -0.3 is 4.74 Å². The highest BCUT2D eigenvalue weighted by Gasteiger charge is 2.20. The van der Waals surface area contributed by atoms with E-state index in [1.54, 1.807) is 16.9 Å². The fourth-order valence-corrected chi connectivity index (χ4v) is 3.05. The van der Waals surface area contributed by atoms with Crippen LogP contribution in [0, 0.1) is 0 Å². The number of nitrogens with zero attached hydrogens (tertiary/aromatic N) is 5. The topological polar surface area (TPSA) is 74.8 Å². The monoisotopic (exact) mass is 397 g/mol. The highest BCUT2D eigenvalue weighted by Crippen LogP contribution is 2.26. The third-order valence-corrected chi connectivity index (χ3v) is 4.49. The van der Waals surface area contributed by atoms with E-state index in [4.69, 9.17) is 4.74 Å². The Morgan fingerprint density at radius 3 is 2.76 bits per heavy atom. The Hall–Kier alpha value is -3.62. The van der Waals surface area contributed by atoms with Crippen molar-refractivity contribution < 1.29 is 18.3 Å². The number of carbonyl (C=O) groups is 1. The van der Waals surface area contributed by atoms with E-state index in [0.29, 0.717) is 27.8 Å². The maximum atomic E-state index is 13.0. The number of benzene rings is 1. The van der Waals surface area contributed by atoms with Crippen LogP contribution in [-0.4, -0.2) is 30.3 Å². The summed E-state index contributed by atoms with van der Waals surface area (Å²) >= 11 is 0. The second-order valence-electron chi connectivity index (χ2n) is 6.22. The first kappa shape index (κ1) is 18.7. The van der Waals surface area contributed by atoms with Crippen molar-refractivity contribution in [2.45, 2.75) is 26.6 Å². The zero-order chi connectivity index (χ0) is 20.4. The Morgan fingerprint density at radius 1 is 1.24 bits per heavy atom. The Labute approximate surface area is 164 Å². The van der Waals surface area contributed by atoms with Crippen LogP contribution in [0.4, 0.5) is 8.78 Å². The van der Waals surface area contributed by atoms with Crippen LogP contribution in [0.1, 0.15) is 29.7 Å².